The van der Waals surface area contributed by atoms with Crippen LogP contribution >= 0.6 is 0 Å². The summed E-state index contributed by atoms with van der Waals surface area (Å²) in [4.78, 5) is 69.0. The Bertz CT molecular complexity index is 2040. The van der Waals surface area contributed by atoms with Crippen molar-refractivity contribution in [3.05, 3.63) is 126 Å². The molecular formula is C32H28N8O5. The van der Waals surface area contributed by atoms with Crippen molar-refractivity contribution in [3.8, 4) is 0 Å². The molecule has 226 valence electrons. The number of carbonyl (C=O) groups excluding carboxylic acids is 2. The molecule has 0 unspecified atom stereocenters. The van der Waals surface area contributed by atoms with Gasteiger partial charge in [-0.05, 0) is 59.7 Å². The van der Waals surface area contributed by atoms with Crippen LogP contribution in [0.2, 0.25) is 0 Å². The number of rotatable bonds is 7. The first-order valence-electron chi connectivity index (χ1n) is 14.4. The van der Waals surface area contributed by atoms with Crippen molar-refractivity contribution < 1.29 is 14.4 Å². The second kappa shape index (κ2) is 10.7. The Hall–Kier alpha value is -5.85. The van der Waals surface area contributed by atoms with E-state index in [0.29, 0.717) is 24.8 Å². The molecule has 2 amide bonds. The normalized spacial score (nSPS) is 16.6. The van der Waals surface area contributed by atoms with Gasteiger partial charge in [-0.2, -0.15) is 4.99 Å². The number of amidine groups is 1. The SMILES string of the molecule is C=C1N=C(c2ccc3c(c2C)CC[C@@H]3NC(=O)c2cc(C(=O)NCc3ccc4c(c3)CN(c3c(N)c(=O)c3=O)C4)ncn2)NO1. The molecule has 0 saturated heterocycles. The van der Waals surface area contributed by atoms with Crippen LogP contribution in [-0.2, 0) is 30.9 Å². The zero-order chi connectivity index (χ0) is 31.4. The monoisotopic (exact) mass is 604 g/mol. The van der Waals surface area contributed by atoms with Crippen LogP contribution in [0.15, 0.2) is 69.8 Å². The molecule has 13 nitrogen and oxygen atoms in total. The molecule has 45 heavy (non-hydrogen) atoms. The number of nitrogens with two attached hydrogens (primary N) is 1. The number of nitrogens with zero attached hydrogens (tertiary/aromatic N) is 4. The Morgan fingerprint density at radius 1 is 1.07 bits per heavy atom. The maximum absolute atomic E-state index is 13.2. The first-order valence-corrected chi connectivity index (χ1v) is 14.4. The molecule has 7 rings (SSSR count). The van der Waals surface area contributed by atoms with E-state index < -0.39 is 22.7 Å². The average Bonchev–Trinajstić information content (AvgIpc) is 3.78. The summed E-state index contributed by atoms with van der Waals surface area (Å²) >= 11 is 0. The zero-order valence-electron chi connectivity index (χ0n) is 24.3. The predicted octanol–water partition coefficient (Wildman–Crippen LogP) is 1.58. The van der Waals surface area contributed by atoms with E-state index >= 15 is 0 Å². The molecule has 3 aliphatic rings. The number of fused-ring (bicyclic) bond motifs is 2. The lowest BCUT2D eigenvalue weighted by atomic mass is 9.97. The second-order valence-corrected chi connectivity index (χ2v) is 11.3. The molecular weight excluding hydrogens is 576 g/mol. The van der Waals surface area contributed by atoms with Crippen LogP contribution in [0.25, 0.3) is 0 Å². The van der Waals surface area contributed by atoms with E-state index in [4.69, 9.17) is 10.6 Å². The van der Waals surface area contributed by atoms with E-state index in [1.807, 2.05) is 37.3 Å². The third-order valence-electron chi connectivity index (χ3n) is 8.57. The summed E-state index contributed by atoms with van der Waals surface area (Å²) in [6.07, 6.45) is 2.72. The summed E-state index contributed by atoms with van der Waals surface area (Å²) in [5.74, 6) is 0.0558. The number of hydrogen-bond acceptors (Lipinski definition) is 11. The number of anilines is 2. The molecule has 0 fully saturated rings. The van der Waals surface area contributed by atoms with E-state index in [1.165, 1.54) is 12.4 Å². The van der Waals surface area contributed by atoms with Gasteiger partial charge in [-0.25, -0.2) is 15.4 Å². The van der Waals surface area contributed by atoms with Gasteiger partial charge >= 0.3 is 0 Å². The van der Waals surface area contributed by atoms with Crippen LogP contribution in [0, 0.1) is 6.92 Å². The van der Waals surface area contributed by atoms with Gasteiger partial charge in [-0.15, -0.1) is 0 Å². The number of carbonyl (C=O) groups is 2. The average molecular weight is 605 g/mol. The highest BCUT2D eigenvalue weighted by Crippen LogP contribution is 2.35. The summed E-state index contributed by atoms with van der Waals surface area (Å²) < 4.78 is 0. The Morgan fingerprint density at radius 2 is 1.84 bits per heavy atom. The van der Waals surface area contributed by atoms with E-state index in [-0.39, 0.29) is 35.3 Å². The molecule has 0 radical (unpaired) electrons. The molecule has 1 aromatic heterocycles. The highest BCUT2D eigenvalue weighted by atomic mass is 16.7. The van der Waals surface area contributed by atoms with E-state index in [9.17, 15) is 19.2 Å². The molecule has 0 bridgehead atoms. The van der Waals surface area contributed by atoms with Crippen molar-refractivity contribution >= 4 is 29.0 Å². The minimum Gasteiger partial charge on any atom is -0.394 e. The molecule has 5 N–H and O–H groups in total. The third kappa shape index (κ3) is 4.87. The van der Waals surface area contributed by atoms with Crippen LogP contribution < -0.4 is 37.6 Å². The van der Waals surface area contributed by atoms with Crippen molar-refractivity contribution in [2.45, 2.75) is 45.4 Å². The summed E-state index contributed by atoms with van der Waals surface area (Å²) in [5, 5.41) is 5.89. The Kier molecular flexibility index (Phi) is 6.65. The number of amides is 2. The number of aliphatic imine (C=N–C) groups is 1. The van der Waals surface area contributed by atoms with Gasteiger partial charge in [0.05, 0.1) is 6.04 Å². The summed E-state index contributed by atoms with van der Waals surface area (Å²) in [6.45, 7) is 6.87. The number of aromatic nitrogens is 2. The van der Waals surface area contributed by atoms with E-state index in [1.54, 1.807) is 4.90 Å². The first-order chi connectivity index (χ1) is 21.7. The van der Waals surface area contributed by atoms with Gasteiger partial charge in [-0.3, -0.25) is 19.2 Å². The van der Waals surface area contributed by atoms with Crippen LogP contribution in [0.1, 0.15) is 72.4 Å². The topological polar surface area (TPSA) is 181 Å². The third-order valence-corrected chi connectivity index (χ3v) is 8.57. The smallest absolute Gasteiger partial charge is 0.270 e. The van der Waals surface area contributed by atoms with Gasteiger partial charge in [-0.1, -0.05) is 30.3 Å². The number of nitrogen functional groups attached to an aromatic ring is 1. The molecule has 4 aromatic rings. The van der Waals surface area contributed by atoms with Crippen molar-refractivity contribution in [1.29, 1.82) is 0 Å². The highest BCUT2D eigenvalue weighted by molar-refractivity contribution is 6.01. The minimum absolute atomic E-state index is 0.00572. The molecule has 13 heteroatoms. The molecule has 2 aliphatic heterocycles. The van der Waals surface area contributed by atoms with Gasteiger partial charge in [0, 0.05) is 31.3 Å². The van der Waals surface area contributed by atoms with Gasteiger partial charge in [0.15, 0.2) is 5.84 Å². The molecule has 0 spiro atoms. The number of hydroxylamine groups is 1. The first kappa shape index (κ1) is 28.0. The molecule has 0 saturated carbocycles. The lowest BCUT2D eigenvalue weighted by Gasteiger charge is -2.19. The van der Waals surface area contributed by atoms with E-state index in [0.717, 1.165) is 51.8 Å². The van der Waals surface area contributed by atoms with Crippen molar-refractivity contribution in [1.82, 2.24) is 26.1 Å². The zero-order valence-corrected chi connectivity index (χ0v) is 24.3. The molecule has 1 aliphatic carbocycles. The minimum atomic E-state index is -0.640. The van der Waals surface area contributed by atoms with Crippen LogP contribution in [0.5, 0.6) is 0 Å². The molecule has 3 aromatic carbocycles. The molecule has 1 atom stereocenters. The predicted molar refractivity (Wildman–Crippen MR) is 165 cm³/mol. The Labute approximate surface area is 256 Å². The van der Waals surface area contributed by atoms with Gasteiger partial charge in [0.1, 0.15) is 29.1 Å². The lowest BCUT2D eigenvalue weighted by Crippen LogP contribution is -2.40. The summed E-state index contributed by atoms with van der Waals surface area (Å²) in [6, 6.07) is 10.9. The highest BCUT2D eigenvalue weighted by Gasteiger charge is 2.30. The van der Waals surface area contributed by atoms with Crippen molar-refractivity contribution in [3.63, 3.8) is 0 Å². The van der Waals surface area contributed by atoms with Crippen molar-refractivity contribution in [2.24, 2.45) is 4.99 Å². The maximum atomic E-state index is 13.2. The van der Waals surface area contributed by atoms with Crippen LogP contribution in [-0.4, -0.2) is 27.6 Å². The quantitative estimate of drug-likeness (QED) is 0.226. The van der Waals surface area contributed by atoms with Gasteiger partial charge in [0.25, 0.3) is 22.7 Å². The fourth-order valence-corrected chi connectivity index (χ4v) is 6.22. The van der Waals surface area contributed by atoms with E-state index in [2.05, 4.69) is 37.7 Å². The maximum Gasteiger partial charge on any atom is 0.270 e. The Balaban J connectivity index is 0.984. The van der Waals surface area contributed by atoms with Crippen LogP contribution in [0.4, 0.5) is 11.4 Å². The Morgan fingerprint density at radius 3 is 2.60 bits per heavy atom. The largest absolute Gasteiger partial charge is 0.394 e. The van der Waals surface area contributed by atoms with Crippen LogP contribution in [0.3, 0.4) is 0 Å². The standard InChI is InChI=1S/C32H28N8O5/c1-15-20-7-8-23(22(20)6-5-21(15)30-37-16(2)45-39-30)38-32(44)25-10-24(35-14-36-25)31(43)34-11-17-3-4-18-12-40(13-19(18)9-17)27-26(33)28(41)29(27)42/h3-6,9-10,14,23H,2,7-8,11-13,33H2,1H3,(H,34,43)(H,37,39)(H,38,44)/t23-/m0/s1. The molecule has 3 heterocycles. The fourth-order valence-electron chi connectivity index (χ4n) is 6.22. The lowest BCUT2D eigenvalue weighted by molar-refractivity contribution is 0.0931. The van der Waals surface area contributed by atoms with Gasteiger partial charge < -0.3 is 26.1 Å². The summed E-state index contributed by atoms with van der Waals surface area (Å²) in [5.41, 5.74) is 14.8. The number of benzene rings is 2. The van der Waals surface area contributed by atoms with Crippen molar-refractivity contribution in [2.75, 3.05) is 10.6 Å². The fraction of sp³-hybridized carbons (Fsp3) is 0.219. The summed E-state index contributed by atoms with van der Waals surface area (Å²) in [7, 11) is 0. The number of nitrogens with one attached hydrogen (secondary N) is 3. The van der Waals surface area contributed by atoms with Gasteiger partial charge in [0.2, 0.25) is 5.88 Å². The second-order valence-electron chi connectivity index (χ2n) is 11.3. The number of hydrogen-bond donors (Lipinski definition) is 4.